The average Bonchev–Trinajstić information content (AvgIpc) is 0. The zero-order chi connectivity index (χ0) is 0. The summed E-state index contributed by atoms with van der Waals surface area (Å²) in [6.45, 7) is 0. The van der Waals surface area contributed by atoms with Crippen LogP contribution in [-0.4, -0.2) is 97.8 Å². The van der Waals surface area contributed by atoms with E-state index >= 15 is 0 Å². The van der Waals surface area contributed by atoms with Crippen LogP contribution in [-0.2, 0) is 0 Å². The van der Waals surface area contributed by atoms with E-state index in [0.29, 0.717) is 0 Å². The first-order chi connectivity index (χ1) is 0. The van der Waals surface area contributed by atoms with Crippen molar-refractivity contribution in [1.29, 1.82) is 0 Å². The third-order valence-corrected chi connectivity index (χ3v) is 0. The summed E-state index contributed by atoms with van der Waals surface area (Å²) in [6, 6.07) is 0. The standard InChI is InChI=1S/2Ba.2FH.2H/h;;2*1H;;/q2*+2;;;2*-1/p-2. The Hall–Kier alpha value is 3.00. The maximum absolute atomic E-state index is 0. The number of rotatable bonds is 0. The number of hydrogen-bond acceptors (Lipinski definition) is 0. The summed E-state index contributed by atoms with van der Waals surface area (Å²) in [6.07, 6.45) is 0. The minimum atomic E-state index is 0. The number of hydrogen-bond donors (Lipinski definition) is 0. The summed E-state index contributed by atoms with van der Waals surface area (Å²) >= 11 is 0. The molecule has 4 heavy (non-hydrogen) atoms. The average molecular weight is 315 g/mol. The zero-order valence-corrected chi connectivity index (χ0v) is 11.1. The minimum absolute atomic E-state index is 0. The Balaban J connectivity index is 0. The van der Waals surface area contributed by atoms with E-state index in [1.165, 1.54) is 0 Å². The Morgan fingerprint density at radius 1 is 0.750 bits per heavy atom. The summed E-state index contributed by atoms with van der Waals surface area (Å²) in [7, 11) is 0. The minimum Gasteiger partial charge on any atom is -1.00 e. The summed E-state index contributed by atoms with van der Waals surface area (Å²) in [5.41, 5.74) is 0. The fourth-order valence-electron chi connectivity index (χ4n) is 0. The quantitative estimate of drug-likeness (QED) is 0.390. The first kappa shape index (κ1) is 28.0. The molecule has 0 aliphatic rings. The molecule has 0 aromatic rings. The summed E-state index contributed by atoms with van der Waals surface area (Å²) in [5.74, 6) is 0. The van der Waals surface area contributed by atoms with Crippen LogP contribution in [0.5, 0.6) is 0 Å². The van der Waals surface area contributed by atoms with E-state index in [9.17, 15) is 0 Å². The molecule has 0 aromatic heterocycles. The molecule has 0 bridgehead atoms. The van der Waals surface area contributed by atoms with Crippen LogP contribution in [0, 0.1) is 0 Å². The molecule has 0 radical (unpaired) electrons. The maximum Gasteiger partial charge on any atom is 2.00 e. The van der Waals surface area contributed by atoms with E-state index < -0.39 is 0 Å². The molecule has 0 spiro atoms. The molecule has 0 saturated heterocycles. The Morgan fingerprint density at radius 2 is 0.750 bits per heavy atom. The van der Waals surface area contributed by atoms with Crippen LogP contribution < -0.4 is 9.41 Å². The Kier molecular flexibility index (Phi) is 117. The molecule has 0 heterocycles. The molecule has 0 aliphatic carbocycles. The predicted octanol–water partition coefficient (Wildman–Crippen LogP) is -6.53. The van der Waals surface area contributed by atoms with E-state index in [2.05, 4.69) is 0 Å². The van der Waals surface area contributed by atoms with Crippen molar-refractivity contribution in [3.8, 4) is 0 Å². The molecule has 0 fully saturated rings. The van der Waals surface area contributed by atoms with Gasteiger partial charge in [0.15, 0.2) is 0 Å². The molecule has 0 atom stereocenters. The fourth-order valence-corrected chi connectivity index (χ4v) is 0. The summed E-state index contributed by atoms with van der Waals surface area (Å²) in [4.78, 5) is 0. The van der Waals surface area contributed by atoms with Crippen LogP contribution in [0.25, 0.3) is 0 Å². The molecule has 0 N–H and O–H groups in total. The molecule has 0 rings (SSSR count). The van der Waals surface area contributed by atoms with Gasteiger partial charge < -0.3 is 12.3 Å². The molecule has 0 saturated carbocycles. The second-order valence-electron chi connectivity index (χ2n) is 0. The van der Waals surface area contributed by atoms with Crippen LogP contribution in [0.4, 0.5) is 0 Å². The molecular formula is H2Ba2F2. The van der Waals surface area contributed by atoms with Gasteiger partial charge in [-0.15, -0.1) is 0 Å². The van der Waals surface area contributed by atoms with Crippen molar-refractivity contribution in [3.05, 3.63) is 0 Å². The van der Waals surface area contributed by atoms with Gasteiger partial charge in [0.25, 0.3) is 0 Å². The van der Waals surface area contributed by atoms with Gasteiger partial charge in [0.1, 0.15) is 0 Å². The second kappa shape index (κ2) is 16.7. The van der Waals surface area contributed by atoms with Crippen molar-refractivity contribution in [2.75, 3.05) is 0 Å². The van der Waals surface area contributed by atoms with Gasteiger partial charge >= 0.3 is 97.8 Å². The third-order valence-electron chi connectivity index (χ3n) is 0. The summed E-state index contributed by atoms with van der Waals surface area (Å²) < 4.78 is 0. The van der Waals surface area contributed by atoms with Crippen molar-refractivity contribution in [2.45, 2.75) is 0 Å². The molecule has 0 nitrogen and oxygen atoms in total. The van der Waals surface area contributed by atoms with Crippen LogP contribution >= 0.6 is 0 Å². The molecular weight excluding hydrogens is 313 g/mol. The largest absolute Gasteiger partial charge is 2.00 e. The Bertz CT molecular complexity index is 9.51. The van der Waals surface area contributed by atoms with Gasteiger partial charge in [-0.1, -0.05) is 0 Å². The molecule has 0 aromatic carbocycles. The third kappa shape index (κ3) is 8.89. The van der Waals surface area contributed by atoms with Crippen molar-refractivity contribution >= 4 is 97.8 Å². The van der Waals surface area contributed by atoms with Crippen molar-refractivity contribution < 1.29 is 12.3 Å². The van der Waals surface area contributed by atoms with Gasteiger partial charge in [-0.05, 0) is 0 Å². The smallest absolute Gasteiger partial charge is 1.00 e. The van der Waals surface area contributed by atoms with Gasteiger partial charge in [0, 0.05) is 0 Å². The van der Waals surface area contributed by atoms with E-state index in [1.807, 2.05) is 0 Å². The van der Waals surface area contributed by atoms with Crippen molar-refractivity contribution in [3.63, 3.8) is 0 Å². The van der Waals surface area contributed by atoms with Crippen LogP contribution in [0.2, 0.25) is 0 Å². The molecule has 4 heteroatoms. The molecule has 0 unspecified atom stereocenters. The van der Waals surface area contributed by atoms with Crippen LogP contribution in [0.3, 0.4) is 0 Å². The van der Waals surface area contributed by atoms with Crippen LogP contribution in [0.1, 0.15) is 2.85 Å². The predicted molar refractivity (Wildman–Crippen MR) is 13.7 cm³/mol. The van der Waals surface area contributed by atoms with Gasteiger partial charge in [0.05, 0.1) is 0 Å². The Morgan fingerprint density at radius 3 is 0.750 bits per heavy atom. The fraction of sp³-hybridized carbons (Fsp3) is 0. The summed E-state index contributed by atoms with van der Waals surface area (Å²) in [5, 5.41) is 0. The maximum atomic E-state index is 0. The monoisotopic (exact) mass is 316 g/mol. The van der Waals surface area contributed by atoms with Gasteiger partial charge in [-0.2, -0.15) is 0 Å². The van der Waals surface area contributed by atoms with Gasteiger partial charge in [-0.25, -0.2) is 0 Å². The van der Waals surface area contributed by atoms with E-state index in [-0.39, 0.29) is 110 Å². The van der Waals surface area contributed by atoms with Gasteiger partial charge in [0.2, 0.25) is 0 Å². The second-order valence-corrected chi connectivity index (χ2v) is 0. The van der Waals surface area contributed by atoms with Gasteiger partial charge in [-0.3, -0.25) is 0 Å². The van der Waals surface area contributed by atoms with Crippen LogP contribution in [0.15, 0.2) is 0 Å². The molecule has 20 valence electrons. The van der Waals surface area contributed by atoms with E-state index in [4.69, 9.17) is 0 Å². The van der Waals surface area contributed by atoms with E-state index in [1.54, 1.807) is 0 Å². The molecule has 0 amide bonds. The SMILES string of the molecule is [Ba+2].[Ba+2].[F-].[F-].[H-].[H-]. The van der Waals surface area contributed by atoms with Crippen molar-refractivity contribution in [2.24, 2.45) is 0 Å². The molecule has 0 aliphatic heterocycles. The topological polar surface area (TPSA) is 0 Å². The van der Waals surface area contributed by atoms with Crippen molar-refractivity contribution in [1.82, 2.24) is 0 Å². The zero-order valence-electron chi connectivity index (χ0n) is 4.17. The Labute approximate surface area is 107 Å². The normalized spacial score (nSPS) is 0. The first-order valence-electron chi connectivity index (χ1n) is 0. The first-order valence-corrected chi connectivity index (χ1v) is 0. The van der Waals surface area contributed by atoms with E-state index in [0.717, 1.165) is 0 Å². The number of halogens is 2.